The highest BCUT2D eigenvalue weighted by Crippen LogP contribution is 2.20. The number of benzene rings is 2. The fraction of sp³-hybridized carbons (Fsp3) is 0.200. The molecule has 2 nitrogen and oxygen atoms in total. The van der Waals surface area contributed by atoms with Crippen LogP contribution in [0.4, 0.5) is 4.39 Å². The Kier molecular flexibility index (Phi) is 4.91. The van der Waals surface area contributed by atoms with Crippen molar-refractivity contribution in [2.45, 2.75) is 12.6 Å². The molecule has 19 heavy (non-hydrogen) atoms. The average molecular weight is 279 g/mol. The van der Waals surface area contributed by atoms with Crippen LogP contribution in [0.15, 0.2) is 48.5 Å². The largest absolute Gasteiger partial charge is 0.329 e. The van der Waals surface area contributed by atoms with Gasteiger partial charge in [0.05, 0.1) is 5.02 Å². The van der Waals surface area contributed by atoms with E-state index in [1.807, 2.05) is 30.3 Å². The highest BCUT2D eigenvalue weighted by Gasteiger charge is 2.11. The fourth-order valence-electron chi connectivity index (χ4n) is 1.90. The van der Waals surface area contributed by atoms with Crippen LogP contribution in [0.25, 0.3) is 0 Å². The summed E-state index contributed by atoms with van der Waals surface area (Å²) < 4.78 is 13.4. The lowest BCUT2D eigenvalue weighted by Crippen LogP contribution is -2.27. The summed E-state index contributed by atoms with van der Waals surface area (Å²) in [5.41, 5.74) is 7.71. The summed E-state index contributed by atoms with van der Waals surface area (Å²) in [5, 5.41) is 3.44. The van der Waals surface area contributed by atoms with Crippen molar-refractivity contribution in [2.75, 3.05) is 6.54 Å². The number of hydrogen-bond acceptors (Lipinski definition) is 2. The van der Waals surface area contributed by atoms with E-state index in [2.05, 4.69) is 5.32 Å². The first-order valence-corrected chi connectivity index (χ1v) is 6.51. The molecule has 0 heterocycles. The zero-order valence-corrected chi connectivity index (χ0v) is 11.2. The maximum absolute atomic E-state index is 13.4. The first-order valence-electron chi connectivity index (χ1n) is 6.13. The molecule has 0 saturated heterocycles. The molecule has 0 radical (unpaired) electrons. The number of rotatable bonds is 5. The minimum Gasteiger partial charge on any atom is -0.329 e. The van der Waals surface area contributed by atoms with E-state index in [9.17, 15) is 4.39 Å². The van der Waals surface area contributed by atoms with Crippen molar-refractivity contribution in [1.82, 2.24) is 5.32 Å². The van der Waals surface area contributed by atoms with E-state index >= 15 is 0 Å². The zero-order chi connectivity index (χ0) is 13.7. The van der Waals surface area contributed by atoms with Crippen LogP contribution in [0.2, 0.25) is 5.02 Å². The molecule has 0 spiro atoms. The Hall–Kier alpha value is -1.42. The fourth-order valence-corrected chi connectivity index (χ4v) is 2.02. The van der Waals surface area contributed by atoms with E-state index in [0.717, 1.165) is 11.1 Å². The van der Waals surface area contributed by atoms with E-state index in [-0.39, 0.29) is 11.1 Å². The smallest absolute Gasteiger partial charge is 0.142 e. The highest BCUT2D eigenvalue weighted by atomic mass is 35.5. The predicted molar refractivity (Wildman–Crippen MR) is 76.5 cm³/mol. The third kappa shape index (κ3) is 3.77. The summed E-state index contributed by atoms with van der Waals surface area (Å²) in [6, 6.07) is 14.7. The molecule has 0 saturated carbocycles. The van der Waals surface area contributed by atoms with Crippen LogP contribution in [0.3, 0.4) is 0 Å². The quantitative estimate of drug-likeness (QED) is 0.881. The molecule has 4 heteroatoms. The Morgan fingerprint density at radius 1 is 1.16 bits per heavy atom. The second kappa shape index (κ2) is 6.66. The summed E-state index contributed by atoms with van der Waals surface area (Å²) in [4.78, 5) is 0. The first kappa shape index (κ1) is 14.0. The van der Waals surface area contributed by atoms with Crippen LogP contribution >= 0.6 is 11.6 Å². The minimum absolute atomic E-state index is 0.0908. The van der Waals surface area contributed by atoms with Gasteiger partial charge in [-0.1, -0.05) is 48.0 Å². The van der Waals surface area contributed by atoms with Gasteiger partial charge in [0.15, 0.2) is 0 Å². The number of nitrogens with two attached hydrogens (primary N) is 1. The van der Waals surface area contributed by atoms with Crippen molar-refractivity contribution in [1.29, 1.82) is 0 Å². The summed E-state index contributed by atoms with van der Waals surface area (Å²) in [6.07, 6.45) is 0. The molecule has 100 valence electrons. The van der Waals surface area contributed by atoms with Crippen LogP contribution in [0, 0.1) is 5.82 Å². The maximum atomic E-state index is 13.4. The minimum atomic E-state index is -0.417. The van der Waals surface area contributed by atoms with Gasteiger partial charge in [-0.05, 0) is 23.3 Å². The van der Waals surface area contributed by atoms with Crippen molar-refractivity contribution < 1.29 is 4.39 Å². The van der Waals surface area contributed by atoms with Crippen molar-refractivity contribution in [2.24, 2.45) is 5.73 Å². The van der Waals surface area contributed by atoms with Gasteiger partial charge in [0.25, 0.3) is 0 Å². The van der Waals surface area contributed by atoms with Gasteiger partial charge in [0, 0.05) is 19.1 Å². The molecule has 2 aromatic carbocycles. The molecular formula is C15H16ClFN2. The third-order valence-corrected chi connectivity index (χ3v) is 3.28. The van der Waals surface area contributed by atoms with E-state index < -0.39 is 5.82 Å². The second-order valence-corrected chi connectivity index (χ2v) is 4.74. The molecular weight excluding hydrogens is 263 g/mol. The van der Waals surface area contributed by atoms with Gasteiger partial charge < -0.3 is 11.1 Å². The van der Waals surface area contributed by atoms with Crippen molar-refractivity contribution in [3.05, 3.63) is 70.5 Å². The van der Waals surface area contributed by atoms with E-state index in [1.165, 1.54) is 6.07 Å². The molecule has 0 amide bonds. The van der Waals surface area contributed by atoms with E-state index in [0.29, 0.717) is 13.1 Å². The van der Waals surface area contributed by atoms with Gasteiger partial charge in [-0.3, -0.25) is 0 Å². The summed E-state index contributed by atoms with van der Waals surface area (Å²) >= 11 is 5.67. The monoisotopic (exact) mass is 278 g/mol. The van der Waals surface area contributed by atoms with Gasteiger partial charge in [-0.25, -0.2) is 4.39 Å². The number of nitrogens with one attached hydrogen (secondary N) is 1. The van der Waals surface area contributed by atoms with Gasteiger partial charge in [-0.2, -0.15) is 0 Å². The maximum Gasteiger partial charge on any atom is 0.142 e. The summed E-state index contributed by atoms with van der Waals surface area (Å²) in [6.45, 7) is 1.08. The normalized spacial score (nSPS) is 12.4. The summed E-state index contributed by atoms with van der Waals surface area (Å²) in [5.74, 6) is -0.417. The third-order valence-electron chi connectivity index (χ3n) is 2.98. The van der Waals surface area contributed by atoms with Crippen molar-refractivity contribution in [3.63, 3.8) is 0 Å². The van der Waals surface area contributed by atoms with Crippen LogP contribution in [-0.4, -0.2) is 6.54 Å². The Labute approximate surface area is 117 Å². The molecule has 0 aromatic heterocycles. The van der Waals surface area contributed by atoms with Crippen LogP contribution in [-0.2, 0) is 6.54 Å². The lowest BCUT2D eigenvalue weighted by atomic mass is 10.1. The molecule has 3 N–H and O–H groups in total. The SMILES string of the molecule is NCC(NCc1ccccc1)c1ccc(Cl)c(F)c1. The molecule has 1 atom stereocenters. The van der Waals surface area contributed by atoms with Gasteiger partial charge in [0.2, 0.25) is 0 Å². The standard InChI is InChI=1S/C15H16ClFN2/c16-13-7-6-12(8-14(13)17)15(9-18)19-10-11-4-2-1-3-5-11/h1-8,15,19H,9-10,18H2. The molecule has 0 bridgehead atoms. The lowest BCUT2D eigenvalue weighted by molar-refractivity contribution is 0.536. The molecule has 0 aliphatic rings. The van der Waals surface area contributed by atoms with Crippen LogP contribution in [0.1, 0.15) is 17.2 Å². The molecule has 0 aliphatic carbocycles. The Bertz CT molecular complexity index is 531. The van der Waals surface area contributed by atoms with Crippen LogP contribution in [0.5, 0.6) is 0 Å². The Balaban J connectivity index is 2.05. The number of halogens is 2. The second-order valence-electron chi connectivity index (χ2n) is 4.33. The van der Waals surface area contributed by atoms with E-state index in [4.69, 9.17) is 17.3 Å². The van der Waals surface area contributed by atoms with Gasteiger partial charge in [-0.15, -0.1) is 0 Å². The first-order chi connectivity index (χ1) is 9.20. The molecule has 0 aliphatic heterocycles. The number of hydrogen-bond donors (Lipinski definition) is 2. The van der Waals surface area contributed by atoms with E-state index in [1.54, 1.807) is 12.1 Å². The van der Waals surface area contributed by atoms with Crippen molar-refractivity contribution in [3.8, 4) is 0 Å². The molecule has 0 fully saturated rings. The zero-order valence-electron chi connectivity index (χ0n) is 10.4. The van der Waals surface area contributed by atoms with Crippen LogP contribution < -0.4 is 11.1 Å². The highest BCUT2D eigenvalue weighted by molar-refractivity contribution is 6.30. The molecule has 2 aromatic rings. The molecule has 1 unspecified atom stereocenters. The topological polar surface area (TPSA) is 38.0 Å². The van der Waals surface area contributed by atoms with Gasteiger partial charge >= 0.3 is 0 Å². The van der Waals surface area contributed by atoms with Gasteiger partial charge in [0.1, 0.15) is 5.82 Å². The average Bonchev–Trinajstić information content (AvgIpc) is 2.44. The Morgan fingerprint density at radius 2 is 1.89 bits per heavy atom. The lowest BCUT2D eigenvalue weighted by Gasteiger charge is -2.17. The predicted octanol–water partition coefficient (Wildman–Crippen LogP) is 3.27. The summed E-state index contributed by atoms with van der Waals surface area (Å²) in [7, 11) is 0. The van der Waals surface area contributed by atoms with Crippen molar-refractivity contribution >= 4 is 11.6 Å². The molecule has 2 rings (SSSR count). The Morgan fingerprint density at radius 3 is 2.53 bits per heavy atom.